The molecule has 0 aliphatic heterocycles. The first-order chi connectivity index (χ1) is 12.1. The molecule has 6 heteroatoms. The SMILES string of the molecule is COc1cc(OC)c(/C=C\SCc2ccc(OC)c(N)c2)c(OC)c1. The van der Waals surface area contributed by atoms with Gasteiger partial charge in [0.05, 0.1) is 39.7 Å². The van der Waals surface area contributed by atoms with E-state index >= 15 is 0 Å². The molecule has 0 spiro atoms. The summed E-state index contributed by atoms with van der Waals surface area (Å²) in [5.74, 6) is 3.57. The van der Waals surface area contributed by atoms with Crippen molar-refractivity contribution in [2.75, 3.05) is 34.2 Å². The number of hydrogen-bond acceptors (Lipinski definition) is 6. The molecule has 2 aromatic carbocycles. The zero-order valence-corrected chi connectivity index (χ0v) is 15.7. The number of rotatable bonds is 8. The van der Waals surface area contributed by atoms with Crippen molar-refractivity contribution in [3.63, 3.8) is 0 Å². The number of benzene rings is 2. The minimum atomic E-state index is 0.642. The maximum absolute atomic E-state index is 5.93. The highest BCUT2D eigenvalue weighted by Crippen LogP contribution is 2.35. The molecule has 0 radical (unpaired) electrons. The lowest BCUT2D eigenvalue weighted by Gasteiger charge is -2.12. The normalized spacial score (nSPS) is 10.7. The highest BCUT2D eigenvalue weighted by atomic mass is 32.2. The van der Waals surface area contributed by atoms with E-state index in [0.717, 1.165) is 16.9 Å². The molecular formula is C19H23NO4S. The molecule has 25 heavy (non-hydrogen) atoms. The molecule has 0 heterocycles. The highest BCUT2D eigenvalue weighted by molar-refractivity contribution is 8.01. The highest BCUT2D eigenvalue weighted by Gasteiger charge is 2.10. The second-order valence-electron chi connectivity index (χ2n) is 5.14. The van der Waals surface area contributed by atoms with Crippen molar-refractivity contribution in [2.45, 2.75) is 5.75 Å². The van der Waals surface area contributed by atoms with Crippen molar-refractivity contribution in [2.24, 2.45) is 0 Å². The van der Waals surface area contributed by atoms with Gasteiger partial charge >= 0.3 is 0 Å². The third kappa shape index (κ3) is 4.76. The molecule has 0 amide bonds. The standard InChI is InChI=1S/C19H23NO4S/c1-21-14-10-18(23-3)15(19(11-14)24-4)7-8-25-12-13-5-6-17(22-2)16(20)9-13/h5-11H,12,20H2,1-4H3/b8-7-. The fourth-order valence-electron chi connectivity index (χ4n) is 2.33. The van der Waals surface area contributed by atoms with E-state index in [4.69, 9.17) is 24.7 Å². The van der Waals surface area contributed by atoms with Crippen molar-refractivity contribution in [3.8, 4) is 23.0 Å². The summed E-state index contributed by atoms with van der Waals surface area (Å²) in [5, 5.41) is 2.01. The Hall–Kier alpha value is -2.47. The van der Waals surface area contributed by atoms with Crippen molar-refractivity contribution >= 4 is 23.5 Å². The van der Waals surface area contributed by atoms with E-state index in [2.05, 4.69) is 0 Å². The summed E-state index contributed by atoms with van der Waals surface area (Å²) in [6, 6.07) is 9.47. The Morgan fingerprint density at radius 1 is 0.880 bits per heavy atom. The van der Waals surface area contributed by atoms with Crippen LogP contribution in [0.4, 0.5) is 5.69 Å². The molecule has 0 bridgehead atoms. The summed E-state index contributed by atoms with van der Waals surface area (Å²) in [6.45, 7) is 0. The Bertz CT molecular complexity index is 721. The van der Waals surface area contributed by atoms with Crippen LogP contribution in [0, 0.1) is 0 Å². The van der Waals surface area contributed by atoms with E-state index in [-0.39, 0.29) is 0 Å². The van der Waals surface area contributed by atoms with Crippen LogP contribution in [0.3, 0.4) is 0 Å². The summed E-state index contributed by atoms with van der Waals surface area (Å²) in [7, 11) is 6.47. The molecule has 0 unspecified atom stereocenters. The van der Waals surface area contributed by atoms with Crippen LogP contribution in [-0.2, 0) is 5.75 Å². The molecule has 5 nitrogen and oxygen atoms in total. The first-order valence-corrected chi connectivity index (χ1v) is 8.68. The van der Waals surface area contributed by atoms with E-state index < -0.39 is 0 Å². The van der Waals surface area contributed by atoms with Gasteiger partial charge in [-0.25, -0.2) is 0 Å². The minimum Gasteiger partial charge on any atom is -0.496 e. The monoisotopic (exact) mass is 361 g/mol. The number of ether oxygens (including phenoxy) is 4. The van der Waals surface area contributed by atoms with Gasteiger partial charge in [-0.05, 0) is 29.2 Å². The third-order valence-corrected chi connectivity index (χ3v) is 4.46. The number of nitrogens with two attached hydrogens (primary N) is 1. The fraction of sp³-hybridized carbons (Fsp3) is 0.263. The van der Waals surface area contributed by atoms with Crippen LogP contribution in [0.15, 0.2) is 35.7 Å². The Morgan fingerprint density at radius 2 is 1.52 bits per heavy atom. The summed E-state index contributed by atoms with van der Waals surface area (Å²) in [6.07, 6.45) is 1.97. The molecule has 0 atom stereocenters. The Morgan fingerprint density at radius 3 is 2.04 bits per heavy atom. The lowest BCUT2D eigenvalue weighted by Crippen LogP contribution is -1.94. The van der Waals surface area contributed by atoms with Crippen LogP contribution in [-0.4, -0.2) is 28.4 Å². The van der Waals surface area contributed by atoms with Crippen molar-refractivity contribution in [1.29, 1.82) is 0 Å². The predicted octanol–water partition coefficient (Wildman–Crippen LogP) is 4.21. The molecular weight excluding hydrogens is 338 g/mol. The lowest BCUT2D eigenvalue weighted by molar-refractivity contribution is 0.374. The van der Waals surface area contributed by atoms with Gasteiger partial charge in [0.15, 0.2) is 0 Å². The second-order valence-corrected chi connectivity index (χ2v) is 6.03. The van der Waals surface area contributed by atoms with Gasteiger partial charge in [0, 0.05) is 17.9 Å². The molecule has 2 rings (SSSR count). The van der Waals surface area contributed by atoms with Crippen molar-refractivity contribution in [1.82, 2.24) is 0 Å². The van der Waals surface area contributed by atoms with E-state index in [9.17, 15) is 0 Å². The molecule has 0 aliphatic carbocycles. The van der Waals surface area contributed by atoms with E-state index in [1.165, 1.54) is 0 Å². The topological polar surface area (TPSA) is 62.9 Å². The van der Waals surface area contributed by atoms with Crippen LogP contribution < -0.4 is 24.7 Å². The van der Waals surface area contributed by atoms with Gasteiger partial charge < -0.3 is 24.7 Å². The molecule has 0 saturated carbocycles. The number of hydrogen-bond donors (Lipinski definition) is 1. The summed E-state index contributed by atoms with van der Waals surface area (Å²) in [4.78, 5) is 0. The molecule has 0 aliphatic rings. The molecule has 0 saturated heterocycles. The third-order valence-electron chi connectivity index (χ3n) is 3.63. The lowest BCUT2D eigenvalue weighted by atomic mass is 10.1. The van der Waals surface area contributed by atoms with Crippen LogP contribution in [0.25, 0.3) is 6.08 Å². The molecule has 134 valence electrons. The van der Waals surface area contributed by atoms with E-state index in [0.29, 0.717) is 28.7 Å². The maximum Gasteiger partial charge on any atom is 0.141 e. The Balaban J connectivity index is 2.10. The number of anilines is 1. The minimum absolute atomic E-state index is 0.642. The van der Waals surface area contributed by atoms with Crippen LogP contribution in [0.1, 0.15) is 11.1 Å². The first kappa shape index (κ1) is 18.9. The van der Waals surface area contributed by atoms with Gasteiger partial charge in [-0.3, -0.25) is 0 Å². The Kier molecular flexibility index (Phi) is 6.89. The van der Waals surface area contributed by atoms with E-state index in [1.807, 2.05) is 41.8 Å². The van der Waals surface area contributed by atoms with Gasteiger partial charge in [0.25, 0.3) is 0 Å². The fourth-order valence-corrected chi connectivity index (χ4v) is 3.03. The van der Waals surface area contributed by atoms with Gasteiger partial charge in [0.2, 0.25) is 0 Å². The smallest absolute Gasteiger partial charge is 0.141 e. The predicted molar refractivity (Wildman–Crippen MR) is 104 cm³/mol. The van der Waals surface area contributed by atoms with Gasteiger partial charge in [-0.2, -0.15) is 0 Å². The Labute approximate surface area is 152 Å². The second kappa shape index (κ2) is 9.13. The largest absolute Gasteiger partial charge is 0.496 e. The van der Waals surface area contributed by atoms with Gasteiger partial charge in [0.1, 0.15) is 23.0 Å². The van der Waals surface area contributed by atoms with Gasteiger partial charge in [-0.1, -0.05) is 6.07 Å². The first-order valence-electron chi connectivity index (χ1n) is 7.63. The van der Waals surface area contributed by atoms with Crippen LogP contribution in [0.5, 0.6) is 23.0 Å². The van der Waals surface area contributed by atoms with Crippen molar-refractivity contribution < 1.29 is 18.9 Å². The molecule has 2 N–H and O–H groups in total. The molecule has 0 aromatic heterocycles. The number of thioether (sulfide) groups is 1. The summed E-state index contributed by atoms with van der Waals surface area (Å²) in [5.41, 5.74) is 8.57. The summed E-state index contributed by atoms with van der Waals surface area (Å²) < 4.78 is 21.3. The zero-order chi connectivity index (χ0) is 18.2. The zero-order valence-electron chi connectivity index (χ0n) is 14.9. The maximum atomic E-state index is 5.93. The molecule has 2 aromatic rings. The number of nitrogen functional groups attached to an aromatic ring is 1. The average molecular weight is 361 g/mol. The van der Waals surface area contributed by atoms with Crippen molar-refractivity contribution in [3.05, 3.63) is 46.9 Å². The van der Waals surface area contributed by atoms with E-state index in [1.54, 1.807) is 40.2 Å². The molecule has 0 fully saturated rings. The van der Waals surface area contributed by atoms with Crippen LogP contribution in [0.2, 0.25) is 0 Å². The quantitative estimate of drug-likeness (QED) is 0.711. The van der Waals surface area contributed by atoms with Crippen LogP contribution >= 0.6 is 11.8 Å². The van der Waals surface area contributed by atoms with Gasteiger partial charge in [-0.15, -0.1) is 11.8 Å². The number of methoxy groups -OCH3 is 4. The average Bonchev–Trinajstić information content (AvgIpc) is 2.64. The summed E-state index contributed by atoms with van der Waals surface area (Å²) >= 11 is 1.65.